The van der Waals surface area contributed by atoms with E-state index in [1.807, 2.05) is 0 Å². The smallest absolute Gasteiger partial charge is 0.0178 e. The third-order valence-corrected chi connectivity index (χ3v) is 5.72. The zero-order valence-electron chi connectivity index (χ0n) is 12.5. The van der Waals surface area contributed by atoms with Crippen LogP contribution in [0, 0.1) is 5.92 Å². The molecule has 0 amide bonds. The molecule has 0 heterocycles. The Morgan fingerprint density at radius 1 is 1.15 bits per heavy atom. The van der Waals surface area contributed by atoms with Crippen LogP contribution >= 0.6 is 15.9 Å². The third kappa shape index (κ3) is 3.46. The number of halogens is 1. The predicted octanol–water partition coefficient (Wildman–Crippen LogP) is 4.86. The molecule has 1 fully saturated rings. The summed E-state index contributed by atoms with van der Waals surface area (Å²) >= 11 is 3.58. The Bertz CT molecular complexity index is 457. The molecule has 0 saturated heterocycles. The van der Waals surface area contributed by atoms with Gasteiger partial charge in [0.25, 0.3) is 0 Å². The highest BCUT2D eigenvalue weighted by Crippen LogP contribution is 2.29. The topological polar surface area (TPSA) is 12.0 Å². The summed E-state index contributed by atoms with van der Waals surface area (Å²) in [6.45, 7) is 2.35. The van der Waals surface area contributed by atoms with E-state index >= 15 is 0 Å². The highest BCUT2D eigenvalue weighted by atomic mass is 79.9. The van der Waals surface area contributed by atoms with E-state index in [4.69, 9.17) is 0 Å². The van der Waals surface area contributed by atoms with Crippen molar-refractivity contribution < 1.29 is 0 Å². The summed E-state index contributed by atoms with van der Waals surface area (Å²) in [4.78, 5) is 0. The average molecular weight is 336 g/mol. The van der Waals surface area contributed by atoms with E-state index in [0.29, 0.717) is 6.04 Å². The van der Waals surface area contributed by atoms with Crippen LogP contribution in [0.1, 0.15) is 56.6 Å². The first kappa shape index (κ1) is 14.6. The van der Waals surface area contributed by atoms with Crippen LogP contribution in [0.25, 0.3) is 0 Å². The minimum Gasteiger partial charge on any atom is -0.311 e. The molecule has 1 aromatic rings. The number of nitrogens with one attached hydrogen (secondary N) is 1. The summed E-state index contributed by atoms with van der Waals surface area (Å²) in [5.74, 6) is 0.966. The fraction of sp³-hybridized carbons (Fsp3) is 0.667. The molecule has 0 aromatic heterocycles. The molecule has 0 radical (unpaired) electrons. The molecular formula is C18H26BrN. The Balaban J connectivity index is 1.58. The zero-order valence-corrected chi connectivity index (χ0v) is 14.1. The Morgan fingerprint density at radius 2 is 2.05 bits per heavy atom. The van der Waals surface area contributed by atoms with E-state index in [2.05, 4.69) is 46.4 Å². The van der Waals surface area contributed by atoms with Crippen LogP contribution < -0.4 is 5.32 Å². The summed E-state index contributed by atoms with van der Waals surface area (Å²) < 4.78 is 1.22. The van der Waals surface area contributed by atoms with Crippen LogP contribution in [-0.4, -0.2) is 12.1 Å². The SMILES string of the molecule is CCC1CCCC(NC2CCc3cc(Br)ccc3C2)C1. The van der Waals surface area contributed by atoms with Crippen molar-refractivity contribution in [3.63, 3.8) is 0 Å². The lowest BCUT2D eigenvalue weighted by molar-refractivity contribution is 0.254. The lowest BCUT2D eigenvalue weighted by Gasteiger charge is -2.34. The second-order valence-electron chi connectivity index (χ2n) is 6.66. The van der Waals surface area contributed by atoms with Crippen molar-refractivity contribution in [3.8, 4) is 0 Å². The van der Waals surface area contributed by atoms with Gasteiger partial charge in [0, 0.05) is 16.6 Å². The Labute approximate surface area is 131 Å². The van der Waals surface area contributed by atoms with E-state index in [9.17, 15) is 0 Å². The van der Waals surface area contributed by atoms with Crippen molar-refractivity contribution in [2.75, 3.05) is 0 Å². The summed E-state index contributed by atoms with van der Waals surface area (Å²) in [5.41, 5.74) is 3.10. The normalized spacial score (nSPS) is 30.0. The average Bonchev–Trinajstić information content (AvgIpc) is 2.47. The first-order valence-electron chi connectivity index (χ1n) is 8.28. The molecule has 1 aromatic carbocycles. The van der Waals surface area contributed by atoms with Crippen molar-refractivity contribution >= 4 is 15.9 Å². The largest absolute Gasteiger partial charge is 0.311 e. The molecule has 2 aliphatic carbocycles. The zero-order chi connectivity index (χ0) is 13.9. The maximum atomic E-state index is 3.97. The Morgan fingerprint density at radius 3 is 2.90 bits per heavy atom. The standard InChI is InChI=1S/C18H26BrN/c1-2-13-4-3-5-17(10-13)20-18-9-7-14-11-16(19)8-6-15(14)12-18/h6,8,11,13,17-18,20H,2-5,7,9-10,12H2,1H3. The molecular weight excluding hydrogens is 310 g/mol. The van der Waals surface area contributed by atoms with Crippen LogP contribution in [-0.2, 0) is 12.8 Å². The number of hydrogen-bond donors (Lipinski definition) is 1. The van der Waals surface area contributed by atoms with Gasteiger partial charge in [-0.05, 0) is 61.3 Å². The predicted molar refractivity (Wildman–Crippen MR) is 89.1 cm³/mol. The first-order valence-corrected chi connectivity index (χ1v) is 9.07. The molecule has 2 heteroatoms. The highest BCUT2D eigenvalue weighted by Gasteiger charge is 2.25. The Kier molecular flexibility index (Phi) is 4.83. The van der Waals surface area contributed by atoms with Crippen LogP contribution in [0.15, 0.2) is 22.7 Å². The molecule has 0 spiro atoms. The molecule has 0 aliphatic heterocycles. The van der Waals surface area contributed by atoms with E-state index in [0.717, 1.165) is 12.0 Å². The molecule has 2 aliphatic rings. The molecule has 1 nitrogen and oxygen atoms in total. The van der Waals surface area contributed by atoms with Crippen molar-refractivity contribution in [2.45, 2.75) is 70.4 Å². The Hall–Kier alpha value is -0.340. The van der Waals surface area contributed by atoms with Crippen LogP contribution in [0.3, 0.4) is 0 Å². The first-order chi connectivity index (χ1) is 9.74. The number of hydrogen-bond acceptors (Lipinski definition) is 1. The molecule has 3 atom stereocenters. The molecule has 20 heavy (non-hydrogen) atoms. The van der Waals surface area contributed by atoms with Crippen molar-refractivity contribution in [2.24, 2.45) is 5.92 Å². The number of aryl methyl sites for hydroxylation is 1. The van der Waals surface area contributed by atoms with Crippen molar-refractivity contribution in [1.82, 2.24) is 5.32 Å². The second kappa shape index (κ2) is 6.62. The lowest BCUT2D eigenvalue weighted by atomic mass is 9.82. The number of fused-ring (bicyclic) bond motifs is 1. The van der Waals surface area contributed by atoms with E-state index in [1.54, 1.807) is 11.1 Å². The van der Waals surface area contributed by atoms with Gasteiger partial charge in [-0.25, -0.2) is 0 Å². The fourth-order valence-electron chi connectivity index (χ4n) is 4.01. The van der Waals surface area contributed by atoms with Crippen molar-refractivity contribution in [3.05, 3.63) is 33.8 Å². The minimum absolute atomic E-state index is 0.698. The van der Waals surface area contributed by atoms with Gasteiger partial charge in [-0.15, -0.1) is 0 Å². The number of benzene rings is 1. The van der Waals surface area contributed by atoms with Crippen LogP contribution in [0.2, 0.25) is 0 Å². The van der Waals surface area contributed by atoms with Gasteiger partial charge in [-0.1, -0.05) is 48.2 Å². The maximum Gasteiger partial charge on any atom is 0.0178 e. The monoisotopic (exact) mass is 335 g/mol. The number of rotatable bonds is 3. The van der Waals surface area contributed by atoms with Crippen molar-refractivity contribution in [1.29, 1.82) is 0 Å². The van der Waals surface area contributed by atoms with Gasteiger partial charge in [-0.2, -0.15) is 0 Å². The third-order valence-electron chi connectivity index (χ3n) is 5.23. The summed E-state index contributed by atoms with van der Waals surface area (Å²) in [6, 6.07) is 8.27. The highest BCUT2D eigenvalue weighted by molar-refractivity contribution is 9.10. The molecule has 3 rings (SSSR count). The van der Waals surface area contributed by atoms with Gasteiger partial charge < -0.3 is 5.32 Å². The molecule has 3 unspecified atom stereocenters. The van der Waals surface area contributed by atoms with Gasteiger partial charge in [0.15, 0.2) is 0 Å². The molecule has 1 N–H and O–H groups in total. The minimum atomic E-state index is 0.698. The summed E-state index contributed by atoms with van der Waals surface area (Å²) in [6.07, 6.45) is 10.8. The molecule has 1 saturated carbocycles. The molecule has 0 bridgehead atoms. The van der Waals surface area contributed by atoms with Gasteiger partial charge in [0.1, 0.15) is 0 Å². The fourth-order valence-corrected chi connectivity index (χ4v) is 4.42. The van der Waals surface area contributed by atoms with E-state index in [-0.39, 0.29) is 0 Å². The second-order valence-corrected chi connectivity index (χ2v) is 7.57. The van der Waals surface area contributed by atoms with Crippen LogP contribution in [0.5, 0.6) is 0 Å². The van der Waals surface area contributed by atoms with Gasteiger partial charge in [0.2, 0.25) is 0 Å². The van der Waals surface area contributed by atoms with Gasteiger partial charge in [-0.3, -0.25) is 0 Å². The van der Waals surface area contributed by atoms with E-state index in [1.165, 1.54) is 55.8 Å². The maximum absolute atomic E-state index is 3.97. The summed E-state index contributed by atoms with van der Waals surface area (Å²) in [5, 5.41) is 3.97. The summed E-state index contributed by atoms with van der Waals surface area (Å²) in [7, 11) is 0. The lowest BCUT2D eigenvalue weighted by Crippen LogP contribution is -2.43. The quantitative estimate of drug-likeness (QED) is 0.831. The molecule has 110 valence electrons. The van der Waals surface area contributed by atoms with Gasteiger partial charge in [0.05, 0.1) is 0 Å². The van der Waals surface area contributed by atoms with Crippen LogP contribution in [0.4, 0.5) is 0 Å². The van der Waals surface area contributed by atoms with E-state index < -0.39 is 0 Å². The van der Waals surface area contributed by atoms with Gasteiger partial charge >= 0.3 is 0 Å².